The zero-order chi connectivity index (χ0) is 14.4. The number of nitrogens with two attached hydrogens (primary N) is 1. The first-order valence-electron chi connectivity index (χ1n) is 7.91. The highest BCUT2D eigenvalue weighted by Gasteiger charge is 2.29. The Hall–Kier alpha value is -1.80. The van der Waals surface area contributed by atoms with Gasteiger partial charge in [-0.25, -0.2) is 0 Å². The third-order valence-corrected chi connectivity index (χ3v) is 5.17. The molecule has 0 radical (unpaired) electrons. The summed E-state index contributed by atoms with van der Waals surface area (Å²) in [7, 11) is 0. The van der Waals surface area contributed by atoms with Gasteiger partial charge in [0.05, 0.1) is 0 Å². The number of hydrogen-bond donors (Lipinski definition) is 1. The molecule has 0 amide bonds. The van der Waals surface area contributed by atoms with Gasteiger partial charge in [-0.2, -0.15) is 0 Å². The summed E-state index contributed by atoms with van der Waals surface area (Å²) in [6, 6.07) is 14.8. The second kappa shape index (κ2) is 4.88. The maximum Gasteiger partial charge on any atom is 0.135 e. The van der Waals surface area contributed by atoms with Crippen molar-refractivity contribution < 1.29 is 4.42 Å². The van der Waals surface area contributed by atoms with Crippen LogP contribution in [0.25, 0.3) is 21.9 Å². The van der Waals surface area contributed by atoms with Gasteiger partial charge in [-0.05, 0) is 42.0 Å². The lowest BCUT2D eigenvalue weighted by Crippen LogP contribution is -2.23. The third-order valence-electron chi connectivity index (χ3n) is 5.17. The fraction of sp³-hybridized carbons (Fsp3) is 0.368. The van der Waals surface area contributed by atoms with Crippen LogP contribution < -0.4 is 5.73 Å². The summed E-state index contributed by atoms with van der Waals surface area (Å²) in [5.74, 6) is 1.34. The first-order chi connectivity index (χ1) is 10.2. The topological polar surface area (TPSA) is 39.2 Å². The van der Waals surface area contributed by atoms with Crippen molar-refractivity contribution in [3.05, 3.63) is 48.0 Å². The zero-order valence-corrected chi connectivity index (χ0v) is 12.4. The zero-order valence-electron chi connectivity index (χ0n) is 12.4. The van der Waals surface area contributed by atoms with Gasteiger partial charge in [0.2, 0.25) is 0 Å². The van der Waals surface area contributed by atoms with Gasteiger partial charge in [0.15, 0.2) is 0 Å². The largest absolute Gasteiger partial charge is 0.456 e. The summed E-state index contributed by atoms with van der Waals surface area (Å²) < 4.78 is 5.89. The van der Waals surface area contributed by atoms with Crippen LogP contribution in [0.2, 0.25) is 0 Å². The van der Waals surface area contributed by atoms with E-state index in [-0.39, 0.29) is 6.04 Å². The van der Waals surface area contributed by atoms with Crippen LogP contribution in [0, 0.1) is 11.8 Å². The van der Waals surface area contributed by atoms with Crippen LogP contribution >= 0.6 is 0 Å². The van der Waals surface area contributed by atoms with Gasteiger partial charge in [0, 0.05) is 16.8 Å². The minimum Gasteiger partial charge on any atom is -0.456 e. The van der Waals surface area contributed by atoms with Gasteiger partial charge in [-0.3, -0.25) is 0 Å². The van der Waals surface area contributed by atoms with Crippen LogP contribution in [0.5, 0.6) is 0 Å². The molecule has 3 aromatic rings. The van der Waals surface area contributed by atoms with Gasteiger partial charge in [0.1, 0.15) is 11.2 Å². The van der Waals surface area contributed by atoms with Crippen molar-refractivity contribution in [2.45, 2.75) is 32.2 Å². The quantitative estimate of drug-likeness (QED) is 0.715. The SMILES string of the molecule is CC1CCCC1C(N)c1ccc2oc3ccccc3c2c1. The number of benzene rings is 2. The lowest BCUT2D eigenvalue weighted by atomic mass is 9.86. The molecule has 2 nitrogen and oxygen atoms in total. The molecule has 4 rings (SSSR count). The maximum absolute atomic E-state index is 6.56. The molecule has 0 aliphatic heterocycles. The van der Waals surface area contributed by atoms with Crippen molar-refractivity contribution >= 4 is 21.9 Å². The first kappa shape index (κ1) is 12.9. The monoisotopic (exact) mass is 279 g/mol. The molecule has 0 saturated heterocycles. The van der Waals surface area contributed by atoms with E-state index in [0.717, 1.165) is 17.1 Å². The van der Waals surface area contributed by atoms with Crippen molar-refractivity contribution in [3.8, 4) is 0 Å². The molecule has 0 bridgehead atoms. The number of fused-ring (bicyclic) bond motifs is 3. The summed E-state index contributed by atoms with van der Waals surface area (Å²) in [6.45, 7) is 2.34. The van der Waals surface area contributed by atoms with Gasteiger partial charge < -0.3 is 10.2 Å². The Labute approximate surface area is 124 Å². The van der Waals surface area contributed by atoms with E-state index >= 15 is 0 Å². The van der Waals surface area contributed by atoms with Crippen molar-refractivity contribution in [1.82, 2.24) is 0 Å². The van der Waals surface area contributed by atoms with Crippen molar-refractivity contribution in [1.29, 1.82) is 0 Å². The predicted molar refractivity (Wildman–Crippen MR) is 87.2 cm³/mol. The number of hydrogen-bond acceptors (Lipinski definition) is 2. The predicted octanol–water partition coefficient (Wildman–Crippen LogP) is 5.02. The van der Waals surface area contributed by atoms with E-state index < -0.39 is 0 Å². The molecule has 2 aromatic carbocycles. The number of para-hydroxylation sites is 1. The minimum absolute atomic E-state index is 0.139. The summed E-state index contributed by atoms with van der Waals surface area (Å²) >= 11 is 0. The van der Waals surface area contributed by atoms with Crippen molar-refractivity contribution in [2.24, 2.45) is 17.6 Å². The molecule has 1 aliphatic carbocycles. The highest BCUT2D eigenvalue weighted by molar-refractivity contribution is 6.05. The summed E-state index contributed by atoms with van der Waals surface area (Å²) in [5.41, 5.74) is 9.71. The standard InChI is InChI=1S/C19H21NO/c1-12-5-4-7-14(12)19(20)13-9-10-18-16(11-13)15-6-2-3-8-17(15)21-18/h2-3,6,8-12,14,19H,4-5,7,20H2,1H3. The highest BCUT2D eigenvalue weighted by atomic mass is 16.3. The van der Waals surface area contributed by atoms with E-state index in [4.69, 9.17) is 10.2 Å². The van der Waals surface area contributed by atoms with Crippen LogP contribution in [-0.4, -0.2) is 0 Å². The van der Waals surface area contributed by atoms with E-state index in [0.29, 0.717) is 5.92 Å². The molecule has 1 fully saturated rings. The summed E-state index contributed by atoms with van der Waals surface area (Å²) in [6.07, 6.45) is 3.89. The van der Waals surface area contributed by atoms with E-state index in [9.17, 15) is 0 Å². The van der Waals surface area contributed by atoms with Gasteiger partial charge >= 0.3 is 0 Å². The van der Waals surface area contributed by atoms with Crippen molar-refractivity contribution in [2.75, 3.05) is 0 Å². The van der Waals surface area contributed by atoms with Gasteiger partial charge in [-0.1, -0.05) is 44.0 Å². The fourth-order valence-electron chi connectivity index (χ4n) is 3.91. The van der Waals surface area contributed by atoms with E-state index in [1.807, 2.05) is 12.1 Å². The van der Waals surface area contributed by atoms with Gasteiger partial charge in [0.25, 0.3) is 0 Å². The molecule has 21 heavy (non-hydrogen) atoms. The molecule has 3 unspecified atom stereocenters. The molecule has 0 spiro atoms. The third kappa shape index (κ3) is 2.06. The van der Waals surface area contributed by atoms with E-state index in [2.05, 4.69) is 37.3 Å². The molecule has 1 saturated carbocycles. The lowest BCUT2D eigenvalue weighted by Gasteiger charge is -2.23. The van der Waals surface area contributed by atoms with Crippen LogP contribution in [0.15, 0.2) is 46.9 Å². The molecular weight excluding hydrogens is 258 g/mol. The van der Waals surface area contributed by atoms with Crippen LogP contribution in [-0.2, 0) is 0 Å². The second-order valence-corrected chi connectivity index (χ2v) is 6.45. The average molecular weight is 279 g/mol. The lowest BCUT2D eigenvalue weighted by molar-refractivity contribution is 0.351. The second-order valence-electron chi connectivity index (χ2n) is 6.45. The average Bonchev–Trinajstić information content (AvgIpc) is 3.09. The molecular formula is C19H21NO. The molecule has 1 aromatic heterocycles. The molecule has 108 valence electrons. The number of furan rings is 1. The van der Waals surface area contributed by atoms with E-state index in [1.165, 1.54) is 35.6 Å². The molecule has 1 aliphatic rings. The molecule has 1 heterocycles. The minimum atomic E-state index is 0.139. The van der Waals surface area contributed by atoms with Crippen molar-refractivity contribution in [3.63, 3.8) is 0 Å². The Morgan fingerprint density at radius 1 is 1.05 bits per heavy atom. The molecule has 2 N–H and O–H groups in total. The van der Waals surface area contributed by atoms with Crippen LogP contribution in [0.3, 0.4) is 0 Å². The van der Waals surface area contributed by atoms with E-state index in [1.54, 1.807) is 0 Å². The summed E-state index contributed by atoms with van der Waals surface area (Å²) in [5, 5.41) is 2.37. The Kier molecular flexibility index (Phi) is 3.00. The van der Waals surface area contributed by atoms with Crippen LogP contribution in [0.4, 0.5) is 0 Å². The first-order valence-corrected chi connectivity index (χ1v) is 7.91. The van der Waals surface area contributed by atoms with Crippen LogP contribution in [0.1, 0.15) is 37.8 Å². The highest BCUT2D eigenvalue weighted by Crippen LogP contribution is 2.40. The molecule has 2 heteroatoms. The number of rotatable bonds is 2. The summed E-state index contributed by atoms with van der Waals surface area (Å²) in [4.78, 5) is 0. The normalized spacial score (nSPS) is 23.9. The smallest absolute Gasteiger partial charge is 0.135 e. The fourth-order valence-corrected chi connectivity index (χ4v) is 3.91. The van der Waals surface area contributed by atoms with Gasteiger partial charge in [-0.15, -0.1) is 0 Å². The molecule has 3 atom stereocenters. The Morgan fingerprint density at radius 3 is 2.67 bits per heavy atom. The Balaban J connectivity index is 1.80. The maximum atomic E-state index is 6.56. The Bertz CT molecular complexity index is 788. The Morgan fingerprint density at radius 2 is 1.86 bits per heavy atom.